The highest BCUT2D eigenvalue weighted by atomic mass is 79.9. The number of hydrogen-bond acceptors (Lipinski definition) is 3. The molecule has 0 saturated carbocycles. The highest BCUT2D eigenvalue weighted by Crippen LogP contribution is 2.45. The standard InChI is InChI=1S/C22H28BrNO3/c1-13(25)24(18-10-8-9-17(23)20(18)27)14-11-15(21(2,3)4)19(26)16(12-14)22(5,6)7/h8-12,26-27H,1-7H3. The van der Waals surface area contributed by atoms with E-state index in [1.807, 2.05) is 53.7 Å². The Kier molecular flexibility index (Phi) is 5.67. The van der Waals surface area contributed by atoms with Crippen LogP contribution in [0.1, 0.15) is 59.6 Å². The molecule has 0 aromatic heterocycles. The Morgan fingerprint density at radius 2 is 1.41 bits per heavy atom. The number of anilines is 2. The van der Waals surface area contributed by atoms with Crippen LogP contribution in [0.5, 0.6) is 11.5 Å². The molecule has 1 amide bonds. The van der Waals surface area contributed by atoms with Gasteiger partial charge in [-0.1, -0.05) is 47.6 Å². The summed E-state index contributed by atoms with van der Waals surface area (Å²) in [7, 11) is 0. The number of amides is 1. The van der Waals surface area contributed by atoms with Crippen LogP contribution in [0.15, 0.2) is 34.8 Å². The fourth-order valence-corrected chi connectivity index (χ4v) is 3.42. The molecule has 0 aliphatic heterocycles. The molecular weight excluding hydrogens is 406 g/mol. The number of rotatable bonds is 2. The maximum Gasteiger partial charge on any atom is 0.228 e. The summed E-state index contributed by atoms with van der Waals surface area (Å²) in [4.78, 5) is 14.0. The van der Waals surface area contributed by atoms with Gasteiger partial charge in [0.05, 0.1) is 10.2 Å². The van der Waals surface area contributed by atoms with Gasteiger partial charge in [-0.3, -0.25) is 9.69 Å². The van der Waals surface area contributed by atoms with Crippen molar-refractivity contribution >= 4 is 33.2 Å². The van der Waals surface area contributed by atoms with Crippen LogP contribution in [0.3, 0.4) is 0 Å². The van der Waals surface area contributed by atoms with Crippen molar-refractivity contribution in [1.29, 1.82) is 0 Å². The van der Waals surface area contributed by atoms with Crippen molar-refractivity contribution in [1.82, 2.24) is 0 Å². The Morgan fingerprint density at radius 1 is 0.926 bits per heavy atom. The molecule has 146 valence electrons. The van der Waals surface area contributed by atoms with E-state index in [2.05, 4.69) is 15.9 Å². The second-order valence-corrected chi connectivity index (χ2v) is 9.71. The van der Waals surface area contributed by atoms with Gasteiger partial charge in [-0.05, 0) is 51.0 Å². The number of nitrogens with zero attached hydrogens (tertiary/aromatic N) is 1. The molecule has 0 bridgehead atoms. The summed E-state index contributed by atoms with van der Waals surface area (Å²) >= 11 is 3.31. The predicted molar refractivity (Wildman–Crippen MR) is 114 cm³/mol. The lowest BCUT2D eigenvalue weighted by Gasteiger charge is -2.31. The first-order valence-electron chi connectivity index (χ1n) is 8.91. The first kappa shape index (κ1) is 21.3. The van der Waals surface area contributed by atoms with Gasteiger partial charge in [-0.15, -0.1) is 0 Å². The summed E-state index contributed by atoms with van der Waals surface area (Å²) in [6.45, 7) is 13.6. The zero-order valence-electron chi connectivity index (χ0n) is 17.0. The molecule has 0 fully saturated rings. The van der Waals surface area contributed by atoms with Crippen LogP contribution in [0.4, 0.5) is 11.4 Å². The van der Waals surface area contributed by atoms with Crippen LogP contribution in [0.2, 0.25) is 0 Å². The monoisotopic (exact) mass is 433 g/mol. The van der Waals surface area contributed by atoms with Crippen molar-refractivity contribution < 1.29 is 15.0 Å². The summed E-state index contributed by atoms with van der Waals surface area (Å²) in [6, 6.07) is 8.83. The van der Waals surface area contributed by atoms with Crippen molar-refractivity contribution in [3.05, 3.63) is 45.9 Å². The highest BCUT2D eigenvalue weighted by Gasteiger charge is 2.29. The normalized spacial score (nSPS) is 12.1. The fraction of sp³-hybridized carbons (Fsp3) is 0.409. The second kappa shape index (κ2) is 7.19. The van der Waals surface area contributed by atoms with Gasteiger partial charge >= 0.3 is 0 Å². The number of carbonyl (C=O) groups is 1. The molecule has 2 N–H and O–H groups in total. The number of benzene rings is 2. The Morgan fingerprint density at radius 3 is 1.81 bits per heavy atom. The third-order valence-electron chi connectivity index (χ3n) is 4.49. The first-order valence-corrected chi connectivity index (χ1v) is 9.70. The number of phenolic OH excluding ortho intramolecular Hbond substituents is 2. The molecule has 0 aliphatic rings. The Bertz CT molecular complexity index is 841. The lowest BCUT2D eigenvalue weighted by Crippen LogP contribution is -2.25. The van der Waals surface area contributed by atoms with Crippen LogP contribution in [0, 0.1) is 0 Å². The van der Waals surface area contributed by atoms with E-state index in [0.717, 1.165) is 11.1 Å². The van der Waals surface area contributed by atoms with Crippen LogP contribution in [-0.2, 0) is 15.6 Å². The SMILES string of the molecule is CC(=O)N(c1cc(C(C)(C)C)c(O)c(C(C)(C)C)c1)c1cccc(Br)c1O. The molecule has 2 aromatic carbocycles. The van der Waals surface area contributed by atoms with Gasteiger partial charge in [0, 0.05) is 23.7 Å². The zero-order chi connectivity index (χ0) is 20.7. The predicted octanol–water partition coefficient (Wildman–Crippen LogP) is 6.14. The molecule has 0 radical (unpaired) electrons. The second-order valence-electron chi connectivity index (χ2n) is 8.85. The minimum Gasteiger partial charge on any atom is -0.507 e. The van der Waals surface area contributed by atoms with E-state index < -0.39 is 0 Å². The van der Waals surface area contributed by atoms with E-state index in [0.29, 0.717) is 15.8 Å². The minimum atomic E-state index is -0.318. The molecule has 0 atom stereocenters. The van der Waals surface area contributed by atoms with Crippen molar-refractivity contribution in [3.63, 3.8) is 0 Å². The molecule has 5 heteroatoms. The molecule has 2 rings (SSSR count). The smallest absolute Gasteiger partial charge is 0.228 e. The largest absolute Gasteiger partial charge is 0.507 e. The molecule has 0 spiro atoms. The van der Waals surface area contributed by atoms with E-state index in [-0.39, 0.29) is 28.2 Å². The topological polar surface area (TPSA) is 60.8 Å². The third-order valence-corrected chi connectivity index (χ3v) is 5.13. The lowest BCUT2D eigenvalue weighted by atomic mass is 9.79. The number of halogens is 1. The van der Waals surface area contributed by atoms with Gasteiger partial charge in [-0.25, -0.2) is 0 Å². The van der Waals surface area contributed by atoms with Crippen LogP contribution in [-0.4, -0.2) is 16.1 Å². The number of para-hydroxylation sites is 1. The quantitative estimate of drug-likeness (QED) is 0.597. The number of carbonyl (C=O) groups excluding carboxylic acids is 1. The van der Waals surface area contributed by atoms with Gasteiger partial charge in [0.15, 0.2) is 5.75 Å². The van der Waals surface area contributed by atoms with Crippen molar-refractivity contribution in [2.24, 2.45) is 0 Å². The van der Waals surface area contributed by atoms with Gasteiger partial charge in [-0.2, -0.15) is 0 Å². The molecule has 4 nitrogen and oxygen atoms in total. The Hall–Kier alpha value is -2.01. The van der Waals surface area contributed by atoms with Crippen LogP contribution in [0.25, 0.3) is 0 Å². The number of hydrogen-bond donors (Lipinski definition) is 2. The number of phenols is 2. The summed E-state index contributed by atoms with van der Waals surface area (Å²) < 4.78 is 0.511. The van der Waals surface area contributed by atoms with Gasteiger partial charge in [0.1, 0.15) is 5.75 Å². The summed E-state index contributed by atoms with van der Waals surface area (Å²) in [6.07, 6.45) is 0. The summed E-state index contributed by atoms with van der Waals surface area (Å²) in [5, 5.41) is 21.4. The lowest BCUT2D eigenvalue weighted by molar-refractivity contribution is -0.115. The van der Waals surface area contributed by atoms with E-state index >= 15 is 0 Å². The molecule has 27 heavy (non-hydrogen) atoms. The number of aromatic hydroxyl groups is 2. The van der Waals surface area contributed by atoms with Crippen LogP contribution < -0.4 is 4.90 Å². The van der Waals surface area contributed by atoms with E-state index in [1.54, 1.807) is 18.2 Å². The van der Waals surface area contributed by atoms with Gasteiger partial charge in [0.2, 0.25) is 5.91 Å². The maximum atomic E-state index is 12.6. The minimum absolute atomic E-state index is 0.00427. The first-order chi connectivity index (χ1) is 12.2. The van der Waals surface area contributed by atoms with E-state index in [4.69, 9.17) is 0 Å². The van der Waals surface area contributed by atoms with Crippen molar-refractivity contribution in [2.45, 2.75) is 59.3 Å². The third kappa shape index (κ3) is 4.29. The van der Waals surface area contributed by atoms with Gasteiger partial charge < -0.3 is 10.2 Å². The molecule has 0 saturated heterocycles. The Balaban J connectivity index is 2.85. The molecule has 0 unspecified atom stereocenters. The van der Waals surface area contributed by atoms with Crippen molar-refractivity contribution in [3.8, 4) is 11.5 Å². The average molecular weight is 434 g/mol. The zero-order valence-corrected chi connectivity index (χ0v) is 18.6. The maximum absolute atomic E-state index is 12.6. The van der Waals surface area contributed by atoms with Gasteiger partial charge in [0.25, 0.3) is 0 Å². The molecule has 0 heterocycles. The highest BCUT2D eigenvalue weighted by molar-refractivity contribution is 9.10. The van der Waals surface area contributed by atoms with E-state index in [1.165, 1.54) is 11.8 Å². The van der Waals surface area contributed by atoms with Crippen LogP contribution >= 0.6 is 15.9 Å². The van der Waals surface area contributed by atoms with E-state index in [9.17, 15) is 15.0 Å². The summed E-state index contributed by atoms with van der Waals surface area (Å²) in [5.41, 5.74) is 1.88. The molecular formula is C22H28BrNO3. The Labute approximate surface area is 170 Å². The average Bonchev–Trinajstić information content (AvgIpc) is 2.50. The molecule has 0 aliphatic carbocycles. The molecule has 2 aromatic rings. The fourth-order valence-electron chi connectivity index (χ4n) is 3.07. The van der Waals surface area contributed by atoms with Crippen molar-refractivity contribution in [2.75, 3.05) is 4.90 Å². The summed E-state index contributed by atoms with van der Waals surface area (Å²) in [5.74, 6) is 0.0184.